The minimum atomic E-state index is 0.0670. The molecule has 84 valence electrons. The third-order valence-electron chi connectivity index (χ3n) is 3.64. The molecule has 0 aromatic carbocycles. The molecule has 0 aliphatic heterocycles. The zero-order valence-electron chi connectivity index (χ0n) is 10.5. The predicted octanol–water partition coefficient (Wildman–Crippen LogP) is 2.98. The average Bonchev–Trinajstić information content (AvgIpc) is 2.01. The fraction of sp³-hybridized carbons (Fsp3) is 0.917. The summed E-state index contributed by atoms with van der Waals surface area (Å²) in [6.45, 7) is 13.7. The van der Waals surface area contributed by atoms with Gasteiger partial charge in [0.2, 0.25) is 5.91 Å². The Labute approximate surface area is 88.5 Å². The molecule has 2 heteroatoms. The third kappa shape index (κ3) is 3.69. The van der Waals surface area contributed by atoms with E-state index >= 15 is 0 Å². The Hall–Kier alpha value is -0.530. The van der Waals surface area contributed by atoms with Crippen molar-refractivity contribution in [2.45, 2.75) is 54.4 Å². The van der Waals surface area contributed by atoms with Gasteiger partial charge in [0, 0.05) is 13.5 Å². The van der Waals surface area contributed by atoms with Crippen molar-refractivity contribution in [3.05, 3.63) is 0 Å². The van der Waals surface area contributed by atoms with Crippen LogP contribution in [0, 0.1) is 10.8 Å². The van der Waals surface area contributed by atoms with E-state index in [1.165, 1.54) is 0 Å². The summed E-state index contributed by atoms with van der Waals surface area (Å²) in [5.74, 6) is 0.0670. The van der Waals surface area contributed by atoms with Crippen molar-refractivity contribution < 1.29 is 4.79 Å². The van der Waals surface area contributed by atoms with Gasteiger partial charge in [0.1, 0.15) is 0 Å². The van der Waals surface area contributed by atoms with Gasteiger partial charge in [-0.05, 0) is 17.3 Å². The summed E-state index contributed by atoms with van der Waals surface area (Å²) >= 11 is 0. The van der Waals surface area contributed by atoms with Crippen LogP contribution in [0.1, 0.15) is 54.4 Å². The second kappa shape index (κ2) is 4.81. The van der Waals surface area contributed by atoms with Crippen molar-refractivity contribution in [1.29, 1.82) is 0 Å². The lowest BCUT2D eigenvalue weighted by Crippen LogP contribution is -2.36. The van der Waals surface area contributed by atoms with Gasteiger partial charge < -0.3 is 5.32 Å². The Morgan fingerprint density at radius 3 is 2.00 bits per heavy atom. The summed E-state index contributed by atoms with van der Waals surface area (Å²) < 4.78 is 0. The summed E-state index contributed by atoms with van der Waals surface area (Å²) in [5, 5.41) is 2.87. The zero-order valence-corrected chi connectivity index (χ0v) is 10.5. The van der Waals surface area contributed by atoms with Crippen LogP contribution in [0.4, 0.5) is 0 Å². The Morgan fingerprint density at radius 1 is 1.21 bits per heavy atom. The van der Waals surface area contributed by atoms with Gasteiger partial charge in [0.05, 0.1) is 0 Å². The lowest BCUT2D eigenvalue weighted by molar-refractivity contribution is -0.119. The zero-order chi connectivity index (χ0) is 11.4. The Kier molecular flexibility index (Phi) is 4.63. The van der Waals surface area contributed by atoms with E-state index in [1.807, 2.05) is 0 Å². The van der Waals surface area contributed by atoms with E-state index < -0.39 is 0 Å². The van der Waals surface area contributed by atoms with Gasteiger partial charge in [-0.1, -0.05) is 41.0 Å². The molecule has 1 N–H and O–H groups in total. The molecule has 0 spiro atoms. The minimum Gasteiger partial charge on any atom is -0.356 e. The SMILES string of the molecule is CCC(C)(CCNC(C)=O)C(C)(C)C. The molecule has 0 aromatic rings. The number of carbonyl (C=O) groups is 1. The molecule has 1 unspecified atom stereocenters. The van der Waals surface area contributed by atoms with E-state index in [0.717, 1.165) is 19.4 Å². The van der Waals surface area contributed by atoms with Crippen LogP contribution in [0.2, 0.25) is 0 Å². The van der Waals surface area contributed by atoms with Crippen LogP contribution in [-0.2, 0) is 4.79 Å². The van der Waals surface area contributed by atoms with Gasteiger partial charge in [0.25, 0.3) is 0 Å². The normalized spacial score (nSPS) is 16.1. The highest BCUT2D eigenvalue weighted by Crippen LogP contribution is 2.43. The number of carbonyl (C=O) groups excluding carboxylic acids is 1. The highest BCUT2D eigenvalue weighted by atomic mass is 16.1. The Bertz CT molecular complexity index is 193. The summed E-state index contributed by atoms with van der Waals surface area (Å²) in [7, 11) is 0. The number of rotatable bonds is 4. The van der Waals surface area contributed by atoms with Crippen LogP contribution >= 0.6 is 0 Å². The van der Waals surface area contributed by atoms with E-state index in [2.05, 4.69) is 39.9 Å². The van der Waals surface area contributed by atoms with E-state index in [-0.39, 0.29) is 5.91 Å². The maximum absolute atomic E-state index is 10.8. The first-order chi connectivity index (χ1) is 6.23. The molecule has 0 saturated heterocycles. The van der Waals surface area contributed by atoms with E-state index in [9.17, 15) is 4.79 Å². The molecule has 14 heavy (non-hydrogen) atoms. The number of nitrogens with one attached hydrogen (secondary N) is 1. The van der Waals surface area contributed by atoms with Crippen LogP contribution in [0.3, 0.4) is 0 Å². The van der Waals surface area contributed by atoms with Crippen molar-refractivity contribution in [2.24, 2.45) is 10.8 Å². The topological polar surface area (TPSA) is 29.1 Å². The molecular formula is C12H25NO. The molecule has 1 amide bonds. The van der Waals surface area contributed by atoms with E-state index in [0.29, 0.717) is 10.8 Å². The van der Waals surface area contributed by atoms with Crippen LogP contribution in [0.5, 0.6) is 0 Å². The smallest absolute Gasteiger partial charge is 0.216 e. The molecule has 0 aliphatic rings. The van der Waals surface area contributed by atoms with Gasteiger partial charge >= 0.3 is 0 Å². The molecule has 1 atom stereocenters. The van der Waals surface area contributed by atoms with Crippen LogP contribution in [-0.4, -0.2) is 12.5 Å². The van der Waals surface area contributed by atoms with Gasteiger partial charge in [-0.25, -0.2) is 0 Å². The van der Waals surface area contributed by atoms with Gasteiger partial charge in [-0.3, -0.25) is 4.79 Å². The van der Waals surface area contributed by atoms with Crippen LogP contribution < -0.4 is 5.32 Å². The van der Waals surface area contributed by atoms with Crippen molar-refractivity contribution in [2.75, 3.05) is 6.54 Å². The summed E-state index contributed by atoms with van der Waals surface area (Å²) in [5.41, 5.74) is 0.593. The number of hydrogen-bond acceptors (Lipinski definition) is 1. The first kappa shape index (κ1) is 13.5. The lowest BCUT2D eigenvalue weighted by atomic mass is 9.64. The van der Waals surface area contributed by atoms with Crippen molar-refractivity contribution >= 4 is 5.91 Å². The lowest BCUT2D eigenvalue weighted by Gasteiger charge is -2.41. The largest absolute Gasteiger partial charge is 0.356 e. The minimum absolute atomic E-state index is 0.0670. The van der Waals surface area contributed by atoms with E-state index in [1.54, 1.807) is 6.92 Å². The van der Waals surface area contributed by atoms with Gasteiger partial charge in [0.15, 0.2) is 0 Å². The van der Waals surface area contributed by atoms with Crippen molar-refractivity contribution in [3.63, 3.8) is 0 Å². The van der Waals surface area contributed by atoms with Crippen LogP contribution in [0.25, 0.3) is 0 Å². The van der Waals surface area contributed by atoms with Gasteiger partial charge in [-0.15, -0.1) is 0 Å². The molecule has 0 fully saturated rings. The summed E-state index contributed by atoms with van der Waals surface area (Å²) in [6.07, 6.45) is 2.20. The third-order valence-corrected chi connectivity index (χ3v) is 3.64. The number of amides is 1. The molecule has 0 rings (SSSR count). The first-order valence-corrected chi connectivity index (χ1v) is 5.47. The quantitative estimate of drug-likeness (QED) is 0.741. The molecule has 0 heterocycles. The summed E-state index contributed by atoms with van der Waals surface area (Å²) in [6, 6.07) is 0. The van der Waals surface area contributed by atoms with Gasteiger partial charge in [-0.2, -0.15) is 0 Å². The monoisotopic (exact) mass is 199 g/mol. The number of hydrogen-bond donors (Lipinski definition) is 1. The maximum atomic E-state index is 10.8. The fourth-order valence-electron chi connectivity index (χ4n) is 1.60. The van der Waals surface area contributed by atoms with E-state index in [4.69, 9.17) is 0 Å². The molecule has 2 nitrogen and oxygen atoms in total. The Morgan fingerprint density at radius 2 is 1.71 bits per heavy atom. The molecule has 0 aromatic heterocycles. The average molecular weight is 199 g/mol. The first-order valence-electron chi connectivity index (χ1n) is 5.47. The second-order valence-corrected chi connectivity index (χ2v) is 5.40. The summed E-state index contributed by atoms with van der Waals surface area (Å²) in [4.78, 5) is 10.8. The predicted molar refractivity (Wildman–Crippen MR) is 61.2 cm³/mol. The standard InChI is InChI=1S/C12H25NO/c1-7-12(6,11(3,4)5)8-9-13-10(2)14/h7-9H2,1-6H3,(H,13,14). The Balaban J connectivity index is 4.21. The van der Waals surface area contributed by atoms with Crippen molar-refractivity contribution in [3.8, 4) is 0 Å². The molecule has 0 aliphatic carbocycles. The maximum Gasteiger partial charge on any atom is 0.216 e. The van der Waals surface area contributed by atoms with Crippen molar-refractivity contribution in [1.82, 2.24) is 5.32 Å². The molecule has 0 bridgehead atoms. The highest BCUT2D eigenvalue weighted by molar-refractivity contribution is 5.72. The molecule has 0 saturated carbocycles. The second-order valence-electron chi connectivity index (χ2n) is 5.40. The van der Waals surface area contributed by atoms with Crippen LogP contribution in [0.15, 0.2) is 0 Å². The molecule has 0 radical (unpaired) electrons. The molecular weight excluding hydrogens is 174 g/mol. The fourth-order valence-corrected chi connectivity index (χ4v) is 1.60. The highest BCUT2D eigenvalue weighted by Gasteiger charge is 2.34.